The molecule has 0 saturated heterocycles. The van der Waals surface area contributed by atoms with E-state index in [0.717, 1.165) is 128 Å². The zero-order chi connectivity index (χ0) is 49.7. The number of nitrogens with one attached hydrogen (secondary N) is 1. The van der Waals surface area contributed by atoms with Gasteiger partial charge < -0.3 is 0 Å². The zero-order valence-corrected chi connectivity index (χ0v) is 43.0. The Morgan fingerprint density at radius 2 is 0.868 bits per heavy atom. The van der Waals surface area contributed by atoms with Gasteiger partial charge in [-0.2, -0.15) is 0 Å². The molecule has 388 valence electrons. The second-order valence-corrected chi connectivity index (χ2v) is 18.5. The third-order valence-corrected chi connectivity index (χ3v) is 11.9. The number of aromatic nitrogens is 2. The van der Waals surface area contributed by atoms with Gasteiger partial charge >= 0.3 is 308 Å². The number of hydrogen-bond donors (Lipinski definition) is 1. The van der Waals surface area contributed by atoms with Gasteiger partial charge in [0, 0.05) is 0 Å². The predicted octanol–water partition coefficient (Wildman–Crippen LogP) is 11.5. The van der Waals surface area contributed by atoms with Crippen molar-refractivity contribution in [1.29, 1.82) is 0 Å². The summed E-state index contributed by atoms with van der Waals surface area (Å²) < 4.78 is 29.4. The summed E-state index contributed by atoms with van der Waals surface area (Å²) in [5.74, 6) is -0.834. The van der Waals surface area contributed by atoms with Crippen LogP contribution in [0.15, 0.2) is 18.7 Å². The van der Waals surface area contributed by atoms with Crippen LogP contribution in [0.1, 0.15) is 220 Å². The van der Waals surface area contributed by atoms with E-state index in [9.17, 15) is 28.8 Å². The quantitative estimate of drug-likeness (QED) is 0.0283. The number of carbonyl (C=O) groups is 6. The summed E-state index contributed by atoms with van der Waals surface area (Å²) in [6.45, 7) is 10.4. The number of carbonyl (C=O) groups excluding carboxylic acids is 6. The molecule has 0 aliphatic rings. The van der Waals surface area contributed by atoms with Gasteiger partial charge in [-0.15, -0.1) is 0 Å². The summed E-state index contributed by atoms with van der Waals surface area (Å²) in [6, 6.07) is -1.10. The molecule has 1 rings (SSSR count). The van der Waals surface area contributed by atoms with Crippen molar-refractivity contribution in [3.05, 3.63) is 18.7 Å². The second-order valence-electron chi connectivity index (χ2n) is 18.5. The Morgan fingerprint density at radius 1 is 0.500 bits per heavy atom. The number of amides is 1. The van der Waals surface area contributed by atoms with E-state index in [0.29, 0.717) is 19.3 Å². The molecule has 1 aromatic rings. The normalized spacial score (nSPS) is 11.7. The van der Waals surface area contributed by atoms with Crippen LogP contribution in [0.2, 0.25) is 6.32 Å². The van der Waals surface area contributed by atoms with Crippen LogP contribution in [0.3, 0.4) is 0 Å². The number of rotatable bonds is 45. The van der Waals surface area contributed by atoms with Crippen LogP contribution in [0.4, 0.5) is 4.79 Å². The summed E-state index contributed by atoms with van der Waals surface area (Å²) >= 11 is 0. The van der Waals surface area contributed by atoms with Gasteiger partial charge in [-0.3, -0.25) is 0 Å². The third kappa shape index (κ3) is 36.9. The summed E-state index contributed by atoms with van der Waals surface area (Å²) in [6.07, 6.45) is 31.3. The standard InChI is InChI=1S/C53H92BN3O11/c1-5-9-13-17-21-25-29-48(58)64-39-45(40-65-49(59)30-26-22-18-14-10-6-2)33-34-54-38-47(56-53(63)57-36-35-55-44-57)43-68-52(62)37-46(41-66-50(60)31-27-23-19-15-11-7-3)42-67-51(61)32-28-24-20-16-12-8-4/h34-36,44-47H,5-33,37-43H2,1-4H3,(H,56,63). The van der Waals surface area contributed by atoms with Gasteiger partial charge in [-0.1, -0.05) is 105 Å². The van der Waals surface area contributed by atoms with Crippen LogP contribution in [0.25, 0.3) is 0 Å². The monoisotopic (exact) mass is 958 g/mol. The van der Waals surface area contributed by atoms with Crippen LogP contribution in [-0.2, 0) is 47.7 Å². The topological polar surface area (TPSA) is 178 Å². The molecule has 1 N–H and O–H groups in total. The molecule has 14 nitrogen and oxygen atoms in total. The smallest absolute Gasteiger partial charge is 0.0654 e. The first-order chi connectivity index (χ1) is 33.1. The first-order valence-electron chi connectivity index (χ1n) is 26.8. The Kier molecular flexibility index (Phi) is 40.3. The van der Waals surface area contributed by atoms with E-state index in [-0.39, 0.29) is 88.4 Å². The number of hydrogen-bond acceptors (Lipinski definition) is 12. The molecule has 68 heavy (non-hydrogen) atoms. The van der Waals surface area contributed by atoms with E-state index >= 15 is 0 Å². The Bertz CT molecular complexity index is 1410. The number of nitrogens with zero attached hydrogens (tertiary/aromatic N) is 2. The van der Waals surface area contributed by atoms with E-state index < -0.39 is 24.0 Å². The molecule has 1 heterocycles. The third-order valence-electron chi connectivity index (χ3n) is 11.9. The van der Waals surface area contributed by atoms with Gasteiger partial charge in [-0.05, 0) is 0 Å². The molecule has 0 aromatic carbocycles. The molecule has 0 bridgehead atoms. The van der Waals surface area contributed by atoms with Gasteiger partial charge in [-0.25, -0.2) is 0 Å². The molecule has 0 spiro atoms. The Morgan fingerprint density at radius 3 is 1.25 bits per heavy atom. The van der Waals surface area contributed by atoms with Gasteiger partial charge in [0.25, 0.3) is 0 Å². The minimum absolute atomic E-state index is 0.0958. The maximum atomic E-state index is 13.3. The Hall–Kier alpha value is -4.04. The minimum Gasteiger partial charge on any atom is -0.0654 e. The molecule has 1 amide bonds. The van der Waals surface area contributed by atoms with E-state index in [1.54, 1.807) is 0 Å². The van der Waals surface area contributed by atoms with Crippen molar-refractivity contribution in [3.8, 4) is 0 Å². The van der Waals surface area contributed by atoms with Gasteiger partial charge in [0.15, 0.2) is 0 Å². The fourth-order valence-electron chi connectivity index (χ4n) is 7.52. The molecule has 15 heteroatoms. The molecular weight excluding hydrogens is 865 g/mol. The maximum absolute atomic E-state index is 13.3. The first-order valence-corrected chi connectivity index (χ1v) is 26.8. The van der Waals surface area contributed by atoms with Crippen molar-refractivity contribution in [2.45, 2.75) is 233 Å². The Balaban J connectivity index is 2.95. The van der Waals surface area contributed by atoms with Crippen LogP contribution >= 0.6 is 0 Å². The number of ether oxygens (including phenoxy) is 5. The van der Waals surface area contributed by atoms with Crippen LogP contribution in [0.5, 0.6) is 0 Å². The van der Waals surface area contributed by atoms with Gasteiger partial charge in [0.05, 0.1) is 0 Å². The summed E-state index contributed by atoms with van der Waals surface area (Å²) in [5, 5.41) is 2.90. The van der Waals surface area contributed by atoms with Crippen molar-refractivity contribution in [2.24, 2.45) is 11.8 Å². The van der Waals surface area contributed by atoms with Gasteiger partial charge in [0.2, 0.25) is 0 Å². The van der Waals surface area contributed by atoms with E-state index in [1.807, 2.05) is 12.9 Å². The van der Waals surface area contributed by atoms with Crippen molar-refractivity contribution in [3.63, 3.8) is 0 Å². The van der Waals surface area contributed by atoms with Crippen molar-refractivity contribution in [2.75, 3.05) is 33.0 Å². The van der Waals surface area contributed by atoms with Crippen LogP contribution in [0, 0.1) is 11.8 Å². The van der Waals surface area contributed by atoms with Crippen LogP contribution < -0.4 is 5.32 Å². The molecule has 0 aliphatic heterocycles. The minimum atomic E-state index is -0.641. The molecule has 1 atom stereocenters. The fraction of sp³-hybridized carbons (Fsp3) is 0.811. The van der Waals surface area contributed by atoms with E-state index in [4.69, 9.17) is 23.7 Å². The summed E-state index contributed by atoms with van der Waals surface area (Å²) in [5.41, 5.74) is 0. The SMILES string of the molecule is CCCCCCCCC(=O)OCC(CC=BCC(COC(=O)CC(COC(=O)CCCCCCCC)COC(=O)CCCCCCCC)NC(=O)n1ccnc1)COC(=O)CCCCCCCC. The van der Waals surface area contributed by atoms with Crippen LogP contribution in [-0.4, -0.2) is 97.4 Å². The molecule has 0 fully saturated rings. The predicted molar refractivity (Wildman–Crippen MR) is 270 cm³/mol. The average molecular weight is 958 g/mol. The van der Waals surface area contributed by atoms with E-state index in [2.05, 4.69) is 38.0 Å². The molecule has 0 aliphatic carbocycles. The number of unbranched alkanes of at least 4 members (excludes halogenated alkanes) is 20. The first kappa shape index (κ1) is 62.0. The van der Waals surface area contributed by atoms with Crippen molar-refractivity contribution >= 4 is 48.8 Å². The van der Waals surface area contributed by atoms with Crippen molar-refractivity contribution in [1.82, 2.24) is 14.9 Å². The van der Waals surface area contributed by atoms with Crippen molar-refractivity contribution < 1.29 is 52.5 Å². The molecule has 1 unspecified atom stereocenters. The number of imidazole rings is 1. The summed E-state index contributed by atoms with van der Waals surface area (Å²) in [7, 11) is 0. The van der Waals surface area contributed by atoms with Gasteiger partial charge in [0.1, 0.15) is 0 Å². The van der Waals surface area contributed by atoms with E-state index in [1.165, 1.54) is 49.0 Å². The molecular formula is C53H92BN3O11. The summed E-state index contributed by atoms with van der Waals surface area (Å²) in [4.78, 5) is 80.9. The second kappa shape index (κ2) is 44.2. The molecule has 0 radical (unpaired) electrons. The zero-order valence-electron chi connectivity index (χ0n) is 43.0. The molecule has 0 saturated carbocycles. The average Bonchev–Trinajstić information content (AvgIpc) is 3.88. The Labute approximate surface area is 411 Å². The number of esters is 5. The fourth-order valence-corrected chi connectivity index (χ4v) is 7.52. The molecule has 1 aromatic heterocycles.